The van der Waals surface area contributed by atoms with Crippen LogP contribution in [0.4, 0.5) is 11.4 Å². The fourth-order valence-corrected chi connectivity index (χ4v) is 2.36. The normalized spacial score (nSPS) is 10.2. The van der Waals surface area contributed by atoms with Crippen molar-refractivity contribution in [1.29, 1.82) is 0 Å². The summed E-state index contributed by atoms with van der Waals surface area (Å²) in [4.78, 5) is 10.7. The predicted octanol–water partition coefficient (Wildman–Crippen LogP) is 4.37. The van der Waals surface area contributed by atoms with Gasteiger partial charge in [0.15, 0.2) is 0 Å². The predicted molar refractivity (Wildman–Crippen MR) is 85.7 cm³/mol. The van der Waals surface area contributed by atoms with Crippen LogP contribution in [-0.2, 0) is 6.61 Å². The van der Waals surface area contributed by atoms with Gasteiger partial charge in [-0.3, -0.25) is 10.1 Å². The quantitative estimate of drug-likeness (QED) is 0.620. The molecule has 0 radical (unpaired) electrons. The molecule has 5 nitrogen and oxygen atoms in total. The Balaban J connectivity index is 2.25. The van der Waals surface area contributed by atoms with Crippen molar-refractivity contribution >= 4 is 27.3 Å². The Morgan fingerprint density at radius 2 is 2.00 bits per heavy atom. The van der Waals surface area contributed by atoms with Crippen LogP contribution in [0.1, 0.15) is 12.5 Å². The molecule has 0 aromatic heterocycles. The zero-order chi connectivity index (χ0) is 15.2. The number of anilines is 1. The Bertz CT molecular complexity index is 647. The number of nitrogens with zero attached hydrogens (tertiary/aromatic N) is 1. The largest absolute Gasteiger partial charge is 0.488 e. The van der Waals surface area contributed by atoms with Crippen LogP contribution in [0.3, 0.4) is 0 Å². The zero-order valence-corrected chi connectivity index (χ0v) is 13.1. The first-order valence-electron chi connectivity index (χ1n) is 6.51. The van der Waals surface area contributed by atoms with Crippen molar-refractivity contribution in [3.63, 3.8) is 0 Å². The molecule has 0 saturated carbocycles. The third-order valence-corrected chi connectivity index (χ3v) is 3.55. The van der Waals surface area contributed by atoms with E-state index in [2.05, 4.69) is 21.2 Å². The maximum Gasteiger partial charge on any atom is 0.292 e. The highest BCUT2D eigenvalue weighted by Gasteiger charge is 2.17. The fraction of sp³-hybridized carbons (Fsp3) is 0.200. The van der Waals surface area contributed by atoms with E-state index in [9.17, 15) is 10.1 Å². The molecule has 0 bridgehead atoms. The maximum atomic E-state index is 11.1. The fourth-order valence-electron chi connectivity index (χ4n) is 1.96. The summed E-state index contributed by atoms with van der Waals surface area (Å²) in [6.45, 7) is 2.76. The number of nitro benzene ring substituents is 1. The van der Waals surface area contributed by atoms with Gasteiger partial charge < -0.3 is 10.1 Å². The van der Waals surface area contributed by atoms with E-state index in [1.54, 1.807) is 6.07 Å². The summed E-state index contributed by atoms with van der Waals surface area (Å²) in [5.74, 6) is 0.700. The maximum absolute atomic E-state index is 11.1. The molecule has 0 aliphatic rings. The van der Waals surface area contributed by atoms with Crippen LogP contribution in [0, 0.1) is 10.1 Å². The Labute approximate surface area is 131 Å². The number of rotatable bonds is 6. The van der Waals surface area contributed by atoms with Gasteiger partial charge in [-0.1, -0.05) is 24.3 Å². The third kappa shape index (κ3) is 3.72. The Hall–Kier alpha value is -2.08. The lowest BCUT2D eigenvalue weighted by Gasteiger charge is -2.13. The summed E-state index contributed by atoms with van der Waals surface area (Å²) in [6, 6.07) is 12.5. The molecule has 0 atom stereocenters. The Morgan fingerprint density at radius 1 is 1.24 bits per heavy atom. The van der Waals surface area contributed by atoms with E-state index in [0.29, 0.717) is 18.0 Å². The van der Waals surface area contributed by atoms with Crippen molar-refractivity contribution in [3.05, 3.63) is 62.6 Å². The molecule has 0 amide bonds. The lowest BCUT2D eigenvalue weighted by molar-refractivity contribution is -0.384. The number of ether oxygens (including phenoxy) is 1. The van der Waals surface area contributed by atoms with E-state index < -0.39 is 0 Å². The highest BCUT2D eigenvalue weighted by molar-refractivity contribution is 9.10. The van der Waals surface area contributed by atoms with Crippen LogP contribution >= 0.6 is 15.9 Å². The second kappa shape index (κ2) is 7.08. The molecule has 0 aliphatic carbocycles. The molecule has 0 heterocycles. The van der Waals surface area contributed by atoms with Gasteiger partial charge in [-0.15, -0.1) is 0 Å². The van der Waals surface area contributed by atoms with E-state index in [0.717, 1.165) is 10.0 Å². The molecule has 0 aliphatic heterocycles. The Morgan fingerprint density at radius 3 is 2.67 bits per heavy atom. The van der Waals surface area contributed by atoms with Gasteiger partial charge in [0.25, 0.3) is 5.69 Å². The monoisotopic (exact) mass is 350 g/mol. The summed E-state index contributed by atoms with van der Waals surface area (Å²) in [6.07, 6.45) is 0. The number of para-hydroxylation sites is 2. The molecule has 2 aromatic carbocycles. The average Bonchev–Trinajstić information content (AvgIpc) is 2.47. The topological polar surface area (TPSA) is 64.4 Å². The minimum Gasteiger partial charge on any atom is -0.488 e. The highest BCUT2D eigenvalue weighted by Crippen LogP contribution is 2.30. The highest BCUT2D eigenvalue weighted by atomic mass is 79.9. The summed E-state index contributed by atoms with van der Waals surface area (Å²) >= 11 is 3.41. The van der Waals surface area contributed by atoms with Gasteiger partial charge in [0.1, 0.15) is 18.0 Å². The number of hydrogen-bond acceptors (Lipinski definition) is 4. The molecule has 6 heteroatoms. The van der Waals surface area contributed by atoms with Gasteiger partial charge in [0, 0.05) is 18.2 Å². The molecular formula is C15H15BrN2O3. The smallest absolute Gasteiger partial charge is 0.292 e. The Kier molecular flexibility index (Phi) is 5.16. The molecule has 21 heavy (non-hydrogen) atoms. The molecule has 110 valence electrons. The van der Waals surface area contributed by atoms with E-state index >= 15 is 0 Å². The van der Waals surface area contributed by atoms with Crippen LogP contribution in [0.2, 0.25) is 0 Å². The van der Waals surface area contributed by atoms with Crippen LogP contribution in [0.15, 0.2) is 46.9 Å². The lowest BCUT2D eigenvalue weighted by Crippen LogP contribution is -2.07. The van der Waals surface area contributed by atoms with Gasteiger partial charge in [0.05, 0.1) is 9.40 Å². The lowest BCUT2D eigenvalue weighted by atomic mass is 10.1. The van der Waals surface area contributed by atoms with E-state index in [4.69, 9.17) is 4.74 Å². The van der Waals surface area contributed by atoms with Crippen molar-refractivity contribution in [3.8, 4) is 5.75 Å². The zero-order valence-electron chi connectivity index (χ0n) is 11.5. The van der Waals surface area contributed by atoms with Crippen molar-refractivity contribution < 1.29 is 9.66 Å². The summed E-state index contributed by atoms with van der Waals surface area (Å²) in [5.41, 5.74) is 1.32. The number of nitrogens with one attached hydrogen (secondary N) is 1. The van der Waals surface area contributed by atoms with Gasteiger partial charge >= 0.3 is 0 Å². The third-order valence-electron chi connectivity index (χ3n) is 2.90. The van der Waals surface area contributed by atoms with Crippen molar-refractivity contribution in [2.45, 2.75) is 13.5 Å². The van der Waals surface area contributed by atoms with Gasteiger partial charge in [0.2, 0.25) is 0 Å². The van der Waals surface area contributed by atoms with Gasteiger partial charge in [-0.05, 0) is 35.0 Å². The van der Waals surface area contributed by atoms with Gasteiger partial charge in [-0.25, -0.2) is 0 Å². The molecule has 0 unspecified atom stereocenters. The molecule has 0 fully saturated rings. The van der Waals surface area contributed by atoms with Crippen molar-refractivity contribution in [2.75, 3.05) is 11.9 Å². The second-order valence-corrected chi connectivity index (χ2v) is 5.17. The van der Waals surface area contributed by atoms with Crippen LogP contribution in [0.25, 0.3) is 0 Å². The number of hydrogen-bond donors (Lipinski definition) is 1. The SMILES string of the molecule is CCNc1c(COc2ccccc2Br)cccc1[N+](=O)[O-]. The minimum atomic E-state index is -0.389. The minimum absolute atomic E-state index is 0.0603. The number of benzene rings is 2. The van der Waals surface area contributed by atoms with Crippen molar-refractivity contribution in [1.82, 2.24) is 0 Å². The van der Waals surface area contributed by atoms with E-state index in [-0.39, 0.29) is 17.2 Å². The first kappa shape index (κ1) is 15.3. The van der Waals surface area contributed by atoms with Crippen LogP contribution < -0.4 is 10.1 Å². The first-order chi connectivity index (χ1) is 10.1. The molecule has 1 N–H and O–H groups in total. The van der Waals surface area contributed by atoms with Gasteiger partial charge in [-0.2, -0.15) is 0 Å². The van der Waals surface area contributed by atoms with E-state index in [1.807, 2.05) is 37.3 Å². The molecule has 0 spiro atoms. The number of nitro groups is 1. The van der Waals surface area contributed by atoms with Crippen molar-refractivity contribution in [2.24, 2.45) is 0 Å². The average molecular weight is 351 g/mol. The standard InChI is InChI=1S/C15H15BrN2O3/c1-2-17-15-11(6-5-8-13(15)18(19)20)10-21-14-9-4-3-7-12(14)16/h3-9,17H,2,10H2,1H3. The van der Waals surface area contributed by atoms with Crippen LogP contribution in [0.5, 0.6) is 5.75 Å². The molecule has 2 aromatic rings. The van der Waals surface area contributed by atoms with Crippen LogP contribution in [-0.4, -0.2) is 11.5 Å². The molecule has 0 saturated heterocycles. The number of halogens is 1. The summed E-state index contributed by atoms with van der Waals surface area (Å²) in [7, 11) is 0. The van der Waals surface area contributed by atoms with E-state index in [1.165, 1.54) is 6.07 Å². The first-order valence-corrected chi connectivity index (χ1v) is 7.30. The molecule has 2 rings (SSSR count). The second-order valence-electron chi connectivity index (χ2n) is 4.32. The molecular weight excluding hydrogens is 336 g/mol. The summed E-state index contributed by atoms with van der Waals surface area (Å²) < 4.78 is 6.58. The summed E-state index contributed by atoms with van der Waals surface area (Å²) in [5, 5.41) is 14.1.